The third kappa shape index (κ3) is 7.22. The first-order chi connectivity index (χ1) is 41.9. The van der Waals surface area contributed by atoms with Crippen LogP contribution in [-0.2, 0) is 5.41 Å². The van der Waals surface area contributed by atoms with Gasteiger partial charge in [-0.1, -0.05) is 184 Å². The molecule has 0 bridgehead atoms. The van der Waals surface area contributed by atoms with E-state index in [2.05, 4.69) is 301 Å². The van der Waals surface area contributed by atoms with Gasteiger partial charge in [-0.2, -0.15) is 0 Å². The molecule has 85 heavy (non-hydrogen) atoms. The molecule has 0 unspecified atom stereocenters. The van der Waals surface area contributed by atoms with E-state index in [1.54, 1.807) is 0 Å². The Morgan fingerprint density at radius 3 is 1.27 bits per heavy atom. The number of para-hydroxylation sites is 3. The summed E-state index contributed by atoms with van der Waals surface area (Å²) >= 11 is 1.88. The van der Waals surface area contributed by atoms with Crippen molar-refractivity contribution in [3.8, 4) is 73.2 Å². The third-order valence-electron chi connectivity index (χ3n) is 18.2. The Morgan fingerprint density at radius 1 is 0.282 bits per heavy atom. The summed E-state index contributed by atoms with van der Waals surface area (Å²) in [6.45, 7) is 4.76. The third-order valence-corrected chi connectivity index (χ3v) is 19.4. The molecule has 1 aliphatic carbocycles. The Hall–Kier alpha value is -10.7. The van der Waals surface area contributed by atoms with Gasteiger partial charge in [0.25, 0.3) is 0 Å². The van der Waals surface area contributed by atoms with E-state index in [1.165, 1.54) is 91.7 Å². The van der Waals surface area contributed by atoms with Gasteiger partial charge in [0.2, 0.25) is 5.95 Å². The van der Waals surface area contributed by atoms with E-state index in [1.807, 2.05) is 11.3 Å². The molecule has 5 aromatic heterocycles. The van der Waals surface area contributed by atoms with Crippen LogP contribution in [0.5, 0.6) is 0 Å². The lowest BCUT2D eigenvalue weighted by molar-refractivity contribution is 0.660. The molecule has 0 radical (unpaired) electrons. The number of fused-ring (bicyclic) bond motifs is 15. The van der Waals surface area contributed by atoms with Crippen molar-refractivity contribution in [3.63, 3.8) is 0 Å². The number of benzene rings is 12. The van der Waals surface area contributed by atoms with E-state index >= 15 is 0 Å². The maximum absolute atomic E-state index is 5.46. The maximum atomic E-state index is 5.46. The van der Waals surface area contributed by atoms with Crippen LogP contribution in [0.25, 0.3) is 159 Å². The zero-order valence-corrected chi connectivity index (χ0v) is 47.4. The van der Waals surface area contributed by atoms with Crippen molar-refractivity contribution < 1.29 is 0 Å². The number of hydrogen-bond acceptors (Lipinski definition) is 3. The molecule has 398 valence electrons. The Morgan fingerprint density at radius 2 is 0.694 bits per heavy atom. The van der Waals surface area contributed by atoms with Crippen LogP contribution < -0.4 is 0 Å². The van der Waals surface area contributed by atoms with Gasteiger partial charge in [0, 0.05) is 80.4 Å². The molecule has 0 amide bonds. The molecule has 0 spiro atoms. The van der Waals surface area contributed by atoms with Crippen LogP contribution >= 0.6 is 11.3 Å². The highest BCUT2D eigenvalue weighted by atomic mass is 32.1. The molecule has 12 aromatic carbocycles. The second kappa shape index (κ2) is 18.2. The van der Waals surface area contributed by atoms with Crippen molar-refractivity contribution in [2.45, 2.75) is 19.3 Å². The first-order valence-electron chi connectivity index (χ1n) is 29.2. The van der Waals surface area contributed by atoms with Crippen LogP contribution in [-0.4, -0.2) is 23.7 Å². The van der Waals surface area contributed by atoms with Crippen LogP contribution in [0.2, 0.25) is 0 Å². The molecule has 17 aromatic rings. The fourth-order valence-electron chi connectivity index (χ4n) is 14.2. The summed E-state index contributed by atoms with van der Waals surface area (Å²) in [5.74, 6) is 0.626. The summed E-state index contributed by atoms with van der Waals surface area (Å²) in [5.41, 5.74) is 22.7. The van der Waals surface area contributed by atoms with Crippen LogP contribution in [0.3, 0.4) is 0 Å². The van der Waals surface area contributed by atoms with Crippen molar-refractivity contribution in [3.05, 3.63) is 284 Å². The molecule has 0 N–H and O–H groups in total. The van der Waals surface area contributed by atoms with E-state index in [9.17, 15) is 0 Å². The standard InChI is InChI=1S/C79H51N5S/c1-79(2)66-35-31-50(52-33-37-71-61(42-52)64-46-77-65(57-28-16-18-30-76(57)85-77)45-74(64)83(71)55-25-13-6-14-26-55)39-58(66)59-40-51(32-36-67(59)79)53-34-38-72-60(41-53)63-44-73-62(56-27-15-17-29-70(56)82(73)54-23-11-5-12-24-54)43-75(63)84(72)78-80-68(48-19-7-3-8-20-48)47-69(81-78)49-21-9-4-10-22-49/h3-47H,1-2H3. The predicted octanol–water partition coefficient (Wildman–Crippen LogP) is 21.1. The smallest absolute Gasteiger partial charge is 0.235 e. The topological polar surface area (TPSA) is 40.6 Å². The first-order valence-corrected chi connectivity index (χ1v) is 30.0. The van der Waals surface area contributed by atoms with E-state index in [0.717, 1.165) is 72.3 Å². The zero-order valence-electron chi connectivity index (χ0n) is 46.6. The fraction of sp³-hybridized carbons (Fsp3) is 0.0380. The van der Waals surface area contributed by atoms with Crippen LogP contribution in [0, 0.1) is 0 Å². The van der Waals surface area contributed by atoms with Gasteiger partial charge < -0.3 is 9.13 Å². The van der Waals surface area contributed by atoms with E-state index in [-0.39, 0.29) is 5.41 Å². The lowest BCUT2D eigenvalue weighted by atomic mass is 9.82. The normalized spacial score (nSPS) is 12.9. The minimum atomic E-state index is -0.183. The second-order valence-electron chi connectivity index (χ2n) is 23.3. The Kier molecular flexibility index (Phi) is 10.2. The molecule has 0 fully saturated rings. The Bertz CT molecular complexity index is 5550. The van der Waals surface area contributed by atoms with Crippen molar-refractivity contribution in [1.29, 1.82) is 0 Å². The Balaban J connectivity index is 0.818. The average molecular weight is 1100 g/mol. The van der Waals surface area contributed by atoms with Gasteiger partial charge in [-0.15, -0.1) is 11.3 Å². The molecule has 0 saturated heterocycles. The Labute approximate surface area is 494 Å². The number of aromatic nitrogens is 5. The maximum Gasteiger partial charge on any atom is 0.235 e. The van der Waals surface area contributed by atoms with Gasteiger partial charge in [0.1, 0.15) is 0 Å². The van der Waals surface area contributed by atoms with Crippen LogP contribution in [0.15, 0.2) is 273 Å². The SMILES string of the molecule is CC1(C)c2ccc(-c3ccc4c(c3)c3cc5sc6ccccc6c5cc3n4-c3ccccc3)cc2-c2cc(-c3ccc4c(c3)c3cc5c(cc3n4-c3nc(-c4ccccc4)cc(-c4ccccc4)n3)c3ccccc3n5-c3ccccc3)ccc21. The number of rotatable bonds is 7. The summed E-state index contributed by atoms with van der Waals surface area (Å²) in [5, 5.41) is 9.77. The molecular formula is C79H51N5S. The van der Waals surface area contributed by atoms with Crippen molar-refractivity contribution >= 4 is 96.9 Å². The van der Waals surface area contributed by atoms with Gasteiger partial charge in [-0.3, -0.25) is 4.57 Å². The van der Waals surface area contributed by atoms with Crippen molar-refractivity contribution in [2.75, 3.05) is 0 Å². The van der Waals surface area contributed by atoms with E-state index in [0.29, 0.717) is 5.95 Å². The minimum Gasteiger partial charge on any atom is -0.309 e. The monoisotopic (exact) mass is 1100 g/mol. The molecule has 0 atom stereocenters. The molecule has 0 aliphatic heterocycles. The molecule has 1 aliphatic rings. The molecule has 6 heteroatoms. The van der Waals surface area contributed by atoms with Gasteiger partial charge in [-0.05, 0) is 148 Å². The van der Waals surface area contributed by atoms with E-state index < -0.39 is 0 Å². The molecule has 18 rings (SSSR count). The number of nitrogens with zero attached hydrogens (tertiary/aromatic N) is 5. The number of thiophene rings is 1. The lowest BCUT2D eigenvalue weighted by Gasteiger charge is -2.21. The summed E-state index contributed by atoms with van der Waals surface area (Å²) in [6, 6.07) is 100. The van der Waals surface area contributed by atoms with Gasteiger partial charge >= 0.3 is 0 Å². The highest BCUT2D eigenvalue weighted by molar-refractivity contribution is 7.25. The summed E-state index contributed by atoms with van der Waals surface area (Å²) in [7, 11) is 0. The zero-order chi connectivity index (χ0) is 56.1. The second-order valence-corrected chi connectivity index (χ2v) is 24.4. The first kappa shape index (κ1) is 47.9. The van der Waals surface area contributed by atoms with Gasteiger partial charge in [0.05, 0.1) is 44.5 Å². The fourth-order valence-corrected chi connectivity index (χ4v) is 15.3. The summed E-state index contributed by atoms with van der Waals surface area (Å²) in [6.07, 6.45) is 0. The minimum absolute atomic E-state index is 0.183. The molecule has 0 saturated carbocycles. The highest BCUT2D eigenvalue weighted by Gasteiger charge is 2.36. The van der Waals surface area contributed by atoms with Crippen LogP contribution in [0.1, 0.15) is 25.0 Å². The molecule has 5 nitrogen and oxygen atoms in total. The molecular weight excluding hydrogens is 1050 g/mol. The van der Waals surface area contributed by atoms with Gasteiger partial charge in [-0.25, -0.2) is 9.97 Å². The van der Waals surface area contributed by atoms with Crippen LogP contribution in [0.4, 0.5) is 0 Å². The van der Waals surface area contributed by atoms with Crippen molar-refractivity contribution in [2.24, 2.45) is 0 Å². The largest absolute Gasteiger partial charge is 0.309 e. The highest BCUT2D eigenvalue weighted by Crippen LogP contribution is 2.52. The van der Waals surface area contributed by atoms with Crippen molar-refractivity contribution in [1.82, 2.24) is 23.7 Å². The average Bonchev–Trinajstić information content (AvgIpc) is 1.72. The summed E-state index contributed by atoms with van der Waals surface area (Å²) in [4.78, 5) is 10.9. The lowest BCUT2D eigenvalue weighted by Crippen LogP contribution is -2.14. The molecule has 5 heterocycles. The van der Waals surface area contributed by atoms with E-state index in [4.69, 9.17) is 9.97 Å². The predicted molar refractivity (Wildman–Crippen MR) is 357 cm³/mol. The van der Waals surface area contributed by atoms with Gasteiger partial charge in [0.15, 0.2) is 0 Å². The summed E-state index contributed by atoms with van der Waals surface area (Å²) < 4.78 is 9.79. The number of hydrogen-bond donors (Lipinski definition) is 0. The quantitative estimate of drug-likeness (QED) is 0.160.